The predicted octanol–water partition coefficient (Wildman–Crippen LogP) is 4.43. The van der Waals surface area contributed by atoms with E-state index in [-0.39, 0.29) is 12.1 Å². The molecule has 3 atom stereocenters. The van der Waals surface area contributed by atoms with Gasteiger partial charge in [-0.05, 0) is 23.8 Å². The number of amidine groups is 1. The van der Waals surface area contributed by atoms with Crippen LogP contribution in [0.2, 0.25) is 0 Å². The van der Waals surface area contributed by atoms with Crippen LogP contribution < -0.4 is 0 Å². The zero-order valence-corrected chi connectivity index (χ0v) is 14.6. The molecule has 112 valence electrons. The van der Waals surface area contributed by atoms with Gasteiger partial charge in [-0.1, -0.05) is 58.9 Å². The minimum absolute atomic E-state index is 0.0647. The van der Waals surface area contributed by atoms with Gasteiger partial charge in [-0.25, -0.2) is 0 Å². The molecule has 0 spiro atoms. The van der Waals surface area contributed by atoms with E-state index >= 15 is 0 Å². The smallest absolute Gasteiger partial charge is 0.160 e. The molecule has 1 aromatic carbocycles. The van der Waals surface area contributed by atoms with E-state index in [4.69, 9.17) is 4.99 Å². The molecule has 1 aromatic heterocycles. The Hall–Kier alpha value is -1.33. The molecule has 22 heavy (non-hydrogen) atoms. The zero-order chi connectivity index (χ0) is 15.1. The number of fused-ring (bicyclic) bond motifs is 1. The first-order chi connectivity index (χ1) is 10.7. The predicted molar refractivity (Wildman–Crippen MR) is 95.1 cm³/mol. The van der Waals surface area contributed by atoms with E-state index in [2.05, 4.69) is 63.1 Å². The lowest BCUT2D eigenvalue weighted by molar-refractivity contribution is 0.320. The summed E-state index contributed by atoms with van der Waals surface area (Å²) in [5, 5.41) is 1.75. The molecule has 1 fully saturated rings. The van der Waals surface area contributed by atoms with Crippen LogP contribution in [-0.4, -0.2) is 26.8 Å². The Morgan fingerprint density at radius 2 is 2.00 bits per heavy atom. The number of rotatable bonds is 2. The van der Waals surface area contributed by atoms with Crippen molar-refractivity contribution in [2.24, 2.45) is 4.99 Å². The number of halogens is 1. The lowest BCUT2D eigenvalue weighted by Crippen LogP contribution is -2.28. The first-order valence-corrected chi connectivity index (χ1v) is 9.08. The van der Waals surface area contributed by atoms with Gasteiger partial charge in [0, 0.05) is 22.5 Å². The molecule has 0 aliphatic carbocycles. The van der Waals surface area contributed by atoms with Crippen LogP contribution >= 0.6 is 27.7 Å². The van der Waals surface area contributed by atoms with E-state index in [1.165, 1.54) is 5.56 Å². The van der Waals surface area contributed by atoms with Gasteiger partial charge < -0.3 is 4.90 Å². The van der Waals surface area contributed by atoms with Gasteiger partial charge in [-0.3, -0.25) is 9.98 Å². The lowest BCUT2D eigenvalue weighted by Gasteiger charge is -2.28. The molecule has 2 aliphatic heterocycles. The van der Waals surface area contributed by atoms with Crippen molar-refractivity contribution >= 4 is 32.9 Å². The Labute approximate surface area is 143 Å². The summed E-state index contributed by atoms with van der Waals surface area (Å²) in [7, 11) is 0. The quantitative estimate of drug-likeness (QED) is 0.779. The number of aliphatic imine (C=N–C) groups is 1. The number of nitrogens with zero attached hydrogens (tertiary/aromatic N) is 3. The van der Waals surface area contributed by atoms with Crippen molar-refractivity contribution in [1.82, 2.24) is 9.88 Å². The fourth-order valence-electron chi connectivity index (χ4n) is 3.17. The topological polar surface area (TPSA) is 28.5 Å². The second-order valence-corrected chi connectivity index (χ2v) is 7.92. The summed E-state index contributed by atoms with van der Waals surface area (Å²) < 4.78 is 1.14. The SMILES string of the molecule is C[C@H]1CN2C(=N[C@@H](c3ccccn3)[C@@H]2c2ccccc2Br)S1. The minimum Gasteiger partial charge on any atom is -0.341 e. The van der Waals surface area contributed by atoms with Crippen molar-refractivity contribution < 1.29 is 0 Å². The summed E-state index contributed by atoms with van der Waals surface area (Å²) >= 11 is 5.59. The number of thioether (sulfide) groups is 1. The van der Waals surface area contributed by atoms with Crippen LogP contribution in [0.3, 0.4) is 0 Å². The molecule has 1 saturated heterocycles. The van der Waals surface area contributed by atoms with Crippen LogP contribution in [0, 0.1) is 0 Å². The molecule has 0 N–H and O–H groups in total. The van der Waals surface area contributed by atoms with Gasteiger partial charge in [0.2, 0.25) is 0 Å². The molecular formula is C17H16BrN3S. The van der Waals surface area contributed by atoms with Gasteiger partial charge in [0.05, 0.1) is 11.7 Å². The fraction of sp³-hybridized carbons (Fsp3) is 0.294. The Balaban J connectivity index is 1.81. The molecule has 2 aromatic rings. The monoisotopic (exact) mass is 373 g/mol. The summed E-state index contributed by atoms with van der Waals surface area (Å²) in [6.07, 6.45) is 1.85. The van der Waals surface area contributed by atoms with E-state index in [0.29, 0.717) is 5.25 Å². The van der Waals surface area contributed by atoms with E-state index in [1.54, 1.807) is 0 Å². The van der Waals surface area contributed by atoms with Crippen molar-refractivity contribution in [2.45, 2.75) is 24.3 Å². The van der Waals surface area contributed by atoms with Crippen LogP contribution in [-0.2, 0) is 0 Å². The maximum atomic E-state index is 4.99. The first kappa shape index (κ1) is 14.3. The third-order valence-corrected chi connectivity index (χ3v) is 5.93. The number of hydrogen-bond donors (Lipinski definition) is 0. The van der Waals surface area contributed by atoms with Gasteiger partial charge in [0.1, 0.15) is 6.04 Å². The summed E-state index contributed by atoms with van der Waals surface area (Å²) in [5.74, 6) is 0. The second-order valence-electron chi connectivity index (χ2n) is 5.66. The van der Waals surface area contributed by atoms with Crippen LogP contribution in [0.4, 0.5) is 0 Å². The summed E-state index contributed by atoms with van der Waals surface area (Å²) in [4.78, 5) is 12.0. The first-order valence-electron chi connectivity index (χ1n) is 7.40. The van der Waals surface area contributed by atoms with Gasteiger partial charge >= 0.3 is 0 Å². The molecule has 2 aliphatic rings. The third kappa shape index (κ3) is 2.36. The highest BCUT2D eigenvalue weighted by Crippen LogP contribution is 2.48. The number of hydrogen-bond acceptors (Lipinski definition) is 4. The molecule has 0 radical (unpaired) electrons. The molecule has 0 saturated carbocycles. The van der Waals surface area contributed by atoms with Crippen molar-refractivity contribution in [3.05, 3.63) is 64.4 Å². The van der Waals surface area contributed by atoms with Crippen LogP contribution in [0.1, 0.15) is 30.3 Å². The van der Waals surface area contributed by atoms with Crippen molar-refractivity contribution in [3.8, 4) is 0 Å². The molecular weight excluding hydrogens is 358 g/mol. The molecule has 3 nitrogen and oxygen atoms in total. The average Bonchev–Trinajstić information content (AvgIpc) is 3.05. The van der Waals surface area contributed by atoms with E-state index < -0.39 is 0 Å². The second kappa shape index (κ2) is 5.70. The summed E-state index contributed by atoms with van der Waals surface area (Å²) in [6, 6.07) is 14.8. The Morgan fingerprint density at radius 3 is 2.77 bits per heavy atom. The van der Waals surface area contributed by atoms with Crippen LogP contribution in [0.25, 0.3) is 0 Å². The Morgan fingerprint density at radius 1 is 1.18 bits per heavy atom. The molecule has 0 unspecified atom stereocenters. The van der Waals surface area contributed by atoms with Gasteiger partial charge in [0.25, 0.3) is 0 Å². The van der Waals surface area contributed by atoms with E-state index in [0.717, 1.165) is 21.9 Å². The van der Waals surface area contributed by atoms with Gasteiger partial charge in [-0.2, -0.15) is 0 Å². The van der Waals surface area contributed by atoms with Crippen molar-refractivity contribution in [3.63, 3.8) is 0 Å². The molecule has 4 rings (SSSR count). The normalized spacial score (nSPS) is 26.9. The maximum Gasteiger partial charge on any atom is 0.160 e. The molecule has 0 bridgehead atoms. The molecule has 3 heterocycles. The largest absolute Gasteiger partial charge is 0.341 e. The Bertz CT molecular complexity index is 719. The highest BCUT2D eigenvalue weighted by molar-refractivity contribution is 9.10. The van der Waals surface area contributed by atoms with Crippen LogP contribution in [0.5, 0.6) is 0 Å². The fourth-order valence-corrected chi connectivity index (χ4v) is 4.78. The Kier molecular flexibility index (Phi) is 3.70. The highest BCUT2D eigenvalue weighted by Gasteiger charge is 2.43. The summed E-state index contributed by atoms with van der Waals surface area (Å²) in [6.45, 7) is 3.30. The van der Waals surface area contributed by atoms with E-state index in [9.17, 15) is 0 Å². The van der Waals surface area contributed by atoms with Crippen LogP contribution in [0.15, 0.2) is 58.1 Å². The lowest BCUT2D eigenvalue weighted by atomic mass is 9.96. The average molecular weight is 374 g/mol. The molecule has 5 heteroatoms. The number of aromatic nitrogens is 1. The minimum atomic E-state index is 0.0647. The standard InChI is InChI=1S/C17H16BrN3S/c1-11-10-21-16(12-6-2-3-7-13(12)18)15(20-17(21)22-11)14-8-4-5-9-19-14/h2-9,11,15-16H,10H2,1H3/t11-,15-,16-/m0/s1. The zero-order valence-electron chi connectivity index (χ0n) is 12.2. The molecule has 0 amide bonds. The summed E-state index contributed by atoms with van der Waals surface area (Å²) in [5.41, 5.74) is 2.32. The number of benzene rings is 1. The van der Waals surface area contributed by atoms with Gasteiger partial charge in [0.15, 0.2) is 5.17 Å². The van der Waals surface area contributed by atoms with E-state index in [1.807, 2.05) is 30.1 Å². The van der Waals surface area contributed by atoms with Gasteiger partial charge in [-0.15, -0.1) is 0 Å². The van der Waals surface area contributed by atoms with Crippen molar-refractivity contribution in [1.29, 1.82) is 0 Å². The number of pyridine rings is 1. The maximum absolute atomic E-state index is 4.99. The van der Waals surface area contributed by atoms with Crippen molar-refractivity contribution in [2.75, 3.05) is 6.54 Å². The highest BCUT2D eigenvalue weighted by atomic mass is 79.9. The third-order valence-electron chi connectivity index (χ3n) is 4.11.